The minimum Gasteiger partial charge on any atom is -0.394 e. The summed E-state index contributed by atoms with van der Waals surface area (Å²) < 4.78 is 0. The zero-order valence-electron chi connectivity index (χ0n) is 49.9. The molecule has 2 unspecified atom stereocenters. The Hall–Kier alpha value is -2.17. The van der Waals surface area contributed by atoms with Gasteiger partial charge in [-0.3, -0.25) is 4.79 Å². The lowest BCUT2D eigenvalue weighted by atomic mass is 10.0. The van der Waals surface area contributed by atoms with Gasteiger partial charge in [-0.1, -0.05) is 350 Å². The third-order valence-corrected chi connectivity index (χ3v) is 15.2. The number of allylic oxidation sites excluding steroid dienone is 11. The molecule has 0 aliphatic carbocycles. The molecule has 0 aromatic carbocycles. The van der Waals surface area contributed by atoms with Gasteiger partial charge in [-0.2, -0.15) is 0 Å². The number of carbonyl (C=O) groups is 1. The maximum atomic E-state index is 12.5. The minimum atomic E-state index is -0.842. The topological polar surface area (TPSA) is 69.6 Å². The summed E-state index contributed by atoms with van der Waals surface area (Å²) in [4.78, 5) is 12.5. The number of carbonyl (C=O) groups excluding carboxylic acids is 1. The molecule has 0 spiro atoms. The first-order valence-electron chi connectivity index (χ1n) is 33.2. The minimum absolute atomic E-state index is 0.0591. The zero-order valence-corrected chi connectivity index (χ0v) is 49.9. The predicted molar refractivity (Wildman–Crippen MR) is 331 cm³/mol. The van der Waals surface area contributed by atoms with E-state index >= 15 is 0 Å². The van der Waals surface area contributed by atoms with Gasteiger partial charge in [0, 0.05) is 6.42 Å². The van der Waals surface area contributed by atoms with Crippen LogP contribution in [0.1, 0.15) is 348 Å². The van der Waals surface area contributed by atoms with Crippen LogP contribution in [0.25, 0.3) is 0 Å². The summed E-state index contributed by atoms with van der Waals surface area (Å²) in [5.41, 5.74) is 0. The Morgan fingerprint density at radius 3 is 0.892 bits per heavy atom. The maximum absolute atomic E-state index is 12.5. The molecule has 0 aliphatic rings. The number of amides is 1. The zero-order chi connectivity index (χ0) is 53.4. The average Bonchev–Trinajstić information content (AvgIpc) is 3.40. The van der Waals surface area contributed by atoms with Gasteiger partial charge in [0.1, 0.15) is 0 Å². The monoisotopic (exact) mass is 1030 g/mol. The molecule has 3 N–H and O–H groups in total. The lowest BCUT2D eigenvalue weighted by Gasteiger charge is -2.20. The van der Waals surface area contributed by atoms with E-state index in [0.717, 1.165) is 57.8 Å². The molecule has 4 heteroatoms. The molecule has 0 fully saturated rings. The number of hydrogen-bond donors (Lipinski definition) is 3. The Morgan fingerprint density at radius 1 is 0.338 bits per heavy atom. The fourth-order valence-electron chi connectivity index (χ4n) is 10.2. The molecular formula is C70H129NO3. The van der Waals surface area contributed by atoms with E-state index in [1.54, 1.807) is 6.08 Å². The van der Waals surface area contributed by atoms with Gasteiger partial charge in [0.2, 0.25) is 5.91 Å². The summed E-state index contributed by atoms with van der Waals surface area (Å²) in [5.74, 6) is -0.0591. The number of hydrogen-bond acceptors (Lipinski definition) is 3. The number of unbranched alkanes of at least 4 members (excludes halogenated alkanes) is 44. The second-order valence-electron chi connectivity index (χ2n) is 22.5. The van der Waals surface area contributed by atoms with Crippen LogP contribution in [-0.2, 0) is 4.79 Å². The van der Waals surface area contributed by atoms with Crippen molar-refractivity contribution in [1.82, 2.24) is 5.32 Å². The molecule has 2 atom stereocenters. The van der Waals surface area contributed by atoms with Crippen LogP contribution < -0.4 is 5.32 Å². The van der Waals surface area contributed by atoms with Crippen molar-refractivity contribution in [3.63, 3.8) is 0 Å². The normalized spacial score (nSPS) is 13.2. The van der Waals surface area contributed by atoms with Crippen LogP contribution in [0.4, 0.5) is 0 Å². The second kappa shape index (κ2) is 65.1. The first-order valence-corrected chi connectivity index (χ1v) is 33.2. The Morgan fingerprint density at radius 2 is 0.595 bits per heavy atom. The highest BCUT2D eigenvalue weighted by Crippen LogP contribution is 2.18. The molecule has 1 amide bonds. The van der Waals surface area contributed by atoms with Crippen molar-refractivity contribution >= 4 is 5.91 Å². The van der Waals surface area contributed by atoms with E-state index in [1.807, 2.05) is 6.08 Å². The largest absolute Gasteiger partial charge is 0.394 e. The molecular weight excluding hydrogens is 903 g/mol. The summed E-state index contributed by atoms with van der Waals surface area (Å²) >= 11 is 0. The van der Waals surface area contributed by atoms with Gasteiger partial charge in [-0.05, 0) is 64.2 Å². The van der Waals surface area contributed by atoms with Gasteiger partial charge in [-0.25, -0.2) is 0 Å². The molecule has 432 valence electrons. The number of nitrogens with one attached hydrogen (secondary N) is 1. The first kappa shape index (κ1) is 71.8. The molecule has 0 saturated carbocycles. The molecule has 4 nitrogen and oxygen atoms in total. The molecule has 0 heterocycles. The van der Waals surface area contributed by atoms with E-state index in [0.29, 0.717) is 6.42 Å². The molecule has 0 aromatic rings. The summed E-state index contributed by atoms with van der Waals surface area (Å²) in [6, 6.07) is -0.625. The van der Waals surface area contributed by atoms with Crippen molar-refractivity contribution in [3.8, 4) is 0 Å². The fourth-order valence-corrected chi connectivity index (χ4v) is 10.2. The van der Waals surface area contributed by atoms with Crippen molar-refractivity contribution in [2.75, 3.05) is 6.61 Å². The van der Waals surface area contributed by atoms with Gasteiger partial charge in [0.05, 0.1) is 18.8 Å². The van der Waals surface area contributed by atoms with Crippen molar-refractivity contribution in [2.24, 2.45) is 0 Å². The molecule has 0 saturated heterocycles. The van der Waals surface area contributed by atoms with Crippen molar-refractivity contribution in [3.05, 3.63) is 72.9 Å². The van der Waals surface area contributed by atoms with Crippen LogP contribution in [0.15, 0.2) is 72.9 Å². The van der Waals surface area contributed by atoms with Crippen LogP contribution in [-0.4, -0.2) is 34.9 Å². The molecule has 0 aromatic heterocycles. The van der Waals surface area contributed by atoms with Gasteiger partial charge >= 0.3 is 0 Å². The van der Waals surface area contributed by atoms with E-state index in [2.05, 4.69) is 79.9 Å². The maximum Gasteiger partial charge on any atom is 0.220 e. The molecule has 74 heavy (non-hydrogen) atoms. The van der Waals surface area contributed by atoms with E-state index in [4.69, 9.17) is 0 Å². The van der Waals surface area contributed by atoms with Gasteiger partial charge in [0.25, 0.3) is 0 Å². The number of aliphatic hydroxyl groups is 2. The van der Waals surface area contributed by atoms with Crippen LogP contribution in [0.2, 0.25) is 0 Å². The Bertz CT molecular complexity index is 1260. The lowest BCUT2D eigenvalue weighted by Crippen LogP contribution is -2.45. The van der Waals surface area contributed by atoms with Gasteiger partial charge in [-0.15, -0.1) is 0 Å². The van der Waals surface area contributed by atoms with Crippen LogP contribution >= 0.6 is 0 Å². The average molecular weight is 1030 g/mol. The van der Waals surface area contributed by atoms with E-state index in [1.165, 1.54) is 270 Å². The fraction of sp³-hybridized carbons (Fsp3) is 0.814. The van der Waals surface area contributed by atoms with Crippen LogP contribution in [0.5, 0.6) is 0 Å². The van der Waals surface area contributed by atoms with E-state index < -0.39 is 12.1 Å². The van der Waals surface area contributed by atoms with Crippen molar-refractivity contribution < 1.29 is 15.0 Å². The molecule has 0 bridgehead atoms. The highest BCUT2D eigenvalue weighted by atomic mass is 16.3. The Balaban J connectivity index is 3.45. The molecule has 0 rings (SSSR count). The quantitative estimate of drug-likeness (QED) is 0.0420. The Kier molecular flexibility index (Phi) is 63.2. The summed E-state index contributed by atoms with van der Waals surface area (Å²) in [5, 5.41) is 23.3. The van der Waals surface area contributed by atoms with Gasteiger partial charge in [0.15, 0.2) is 0 Å². The summed E-state index contributed by atoms with van der Waals surface area (Å²) in [6.07, 6.45) is 94.0. The van der Waals surface area contributed by atoms with Gasteiger partial charge < -0.3 is 15.5 Å². The van der Waals surface area contributed by atoms with Crippen molar-refractivity contribution in [1.29, 1.82) is 0 Å². The standard InChI is InChI=1S/C70H129NO3/c1-3-5-7-9-11-13-15-17-19-21-23-25-27-29-31-32-33-34-35-36-37-38-40-42-44-46-48-50-52-54-56-58-60-62-64-66-70(74)71-68(67-72)69(73)65-63-61-59-57-55-53-51-49-47-45-43-41-39-30-28-26-24-22-20-18-16-14-12-10-8-6-4-2/h5,7,11,13,17,19,23,25,29,31,63,65,68-69,72-73H,3-4,6,8-10,12,14-16,18,20-22,24,26-28,30,32-62,64,66-67H2,1-2H3,(H,71,74)/b7-5-,13-11-,19-17-,25-23-,31-29-,65-63+. The number of aliphatic hydroxyl groups excluding tert-OH is 2. The van der Waals surface area contributed by atoms with Crippen molar-refractivity contribution in [2.45, 2.75) is 360 Å². The smallest absolute Gasteiger partial charge is 0.220 e. The van der Waals surface area contributed by atoms with Crippen LogP contribution in [0.3, 0.4) is 0 Å². The molecule has 0 radical (unpaired) electrons. The molecule has 0 aliphatic heterocycles. The third-order valence-electron chi connectivity index (χ3n) is 15.2. The van der Waals surface area contributed by atoms with Crippen LogP contribution in [0, 0.1) is 0 Å². The van der Waals surface area contributed by atoms with E-state index in [-0.39, 0.29) is 12.5 Å². The highest BCUT2D eigenvalue weighted by Gasteiger charge is 2.18. The highest BCUT2D eigenvalue weighted by molar-refractivity contribution is 5.76. The van der Waals surface area contributed by atoms with E-state index in [9.17, 15) is 15.0 Å². The second-order valence-corrected chi connectivity index (χ2v) is 22.5. The predicted octanol–water partition coefficient (Wildman–Crippen LogP) is 22.5. The first-order chi connectivity index (χ1) is 36.7. The Labute approximate surface area is 463 Å². The summed E-state index contributed by atoms with van der Waals surface area (Å²) in [6.45, 7) is 4.23. The lowest BCUT2D eigenvalue weighted by molar-refractivity contribution is -0.123. The third kappa shape index (κ3) is 60.7. The SMILES string of the molecule is CC/C=C\C/C=C\C/C=C\C/C=C\C/C=C\CCCCCCCCCCCCCCCCCCCCCC(=O)NC(CO)C(O)/C=C/CCCCCCCCCCCCCCCCCCCCCCCCCCC. The summed E-state index contributed by atoms with van der Waals surface area (Å²) in [7, 11) is 0. The number of rotatable bonds is 61.